The van der Waals surface area contributed by atoms with Crippen molar-refractivity contribution in [3.8, 4) is 0 Å². The number of aliphatic carboxylic acids is 1. The third-order valence-electron chi connectivity index (χ3n) is 6.81. The molecule has 13 heteroatoms. The number of fused-ring (bicyclic) bond motifs is 2. The predicted octanol–water partition coefficient (Wildman–Crippen LogP) is 2.02. The highest BCUT2D eigenvalue weighted by Crippen LogP contribution is 2.34. The van der Waals surface area contributed by atoms with E-state index < -0.39 is 29.7 Å². The average molecular weight is 592 g/mol. The number of benzene rings is 1. The summed E-state index contributed by atoms with van der Waals surface area (Å²) in [6.07, 6.45) is -3.06. The van der Waals surface area contributed by atoms with Gasteiger partial charge < -0.3 is 47.7 Å². The maximum absolute atomic E-state index is 13.4. The number of carboxylic acids is 1. The first-order valence-electron chi connectivity index (χ1n) is 13.8. The number of ether oxygens (including phenoxy) is 6. The lowest BCUT2D eigenvalue weighted by molar-refractivity contribution is -0.171. The second kappa shape index (κ2) is 15.2. The average Bonchev–Trinajstić information content (AvgIpc) is 3.27. The van der Waals surface area contributed by atoms with E-state index in [1.54, 1.807) is 13.8 Å². The number of hydrogen-bond donors (Lipinski definition) is 2. The van der Waals surface area contributed by atoms with E-state index in [4.69, 9.17) is 37.3 Å². The molecule has 230 valence electrons. The fourth-order valence-electron chi connectivity index (χ4n) is 4.67. The summed E-state index contributed by atoms with van der Waals surface area (Å²) in [5, 5.41) is 14.2. The van der Waals surface area contributed by atoms with Crippen LogP contribution in [-0.4, -0.2) is 95.3 Å². The maximum atomic E-state index is 13.4. The van der Waals surface area contributed by atoms with Crippen molar-refractivity contribution < 1.29 is 52.0 Å². The molecule has 0 aliphatic carbocycles. The number of hydrogen-bond acceptors (Lipinski definition) is 11. The largest absolute Gasteiger partial charge is 0.479 e. The zero-order valence-electron chi connectivity index (χ0n) is 24.0. The van der Waals surface area contributed by atoms with Gasteiger partial charge in [-0.1, -0.05) is 0 Å². The number of rotatable bonds is 4. The van der Waals surface area contributed by atoms with Gasteiger partial charge in [0, 0.05) is 34.5 Å². The van der Waals surface area contributed by atoms with Gasteiger partial charge in [0.2, 0.25) is 0 Å². The molecular formula is C29H37NO12. The molecule has 1 aliphatic rings. The number of aryl methyl sites for hydroxylation is 3. The van der Waals surface area contributed by atoms with E-state index in [1.165, 1.54) is 6.07 Å². The Labute approximate surface area is 241 Å². The molecule has 2 N–H and O–H groups in total. The molecule has 4 rings (SSSR count). The molecule has 0 spiro atoms. The molecule has 3 aromatic rings. The zero-order chi connectivity index (χ0) is 30.1. The summed E-state index contributed by atoms with van der Waals surface area (Å²) < 4.78 is 44.4. The Kier molecular flexibility index (Phi) is 11.5. The molecule has 1 amide bonds. The number of nitrogens with one attached hydrogen (secondary N) is 1. The van der Waals surface area contributed by atoms with Crippen molar-refractivity contribution in [2.24, 2.45) is 0 Å². The van der Waals surface area contributed by atoms with Crippen molar-refractivity contribution in [1.29, 1.82) is 0 Å². The Hall–Kier alpha value is -3.33. The van der Waals surface area contributed by atoms with Gasteiger partial charge in [0.05, 0.1) is 66.1 Å². The molecule has 0 bridgehead atoms. The van der Waals surface area contributed by atoms with Gasteiger partial charge in [-0.05, 0) is 32.4 Å². The van der Waals surface area contributed by atoms with Crippen LogP contribution in [0.2, 0.25) is 0 Å². The summed E-state index contributed by atoms with van der Waals surface area (Å²) >= 11 is 0. The predicted molar refractivity (Wildman–Crippen MR) is 149 cm³/mol. The number of furan rings is 1. The summed E-state index contributed by atoms with van der Waals surface area (Å²) in [7, 11) is 0. The van der Waals surface area contributed by atoms with Crippen LogP contribution in [0.25, 0.3) is 21.9 Å². The minimum atomic E-state index is -1.59. The SMILES string of the molecule is Cc1oc2c(C)c3oc(=O)cc(C)c3cc2c1CNC(=O)C1OCCOCCOCCOCCOCCOC1C(=O)O. The Morgan fingerprint density at radius 3 is 1.86 bits per heavy atom. The van der Waals surface area contributed by atoms with Gasteiger partial charge in [-0.25, -0.2) is 9.59 Å². The number of amides is 1. The molecule has 42 heavy (non-hydrogen) atoms. The Morgan fingerprint density at radius 1 is 0.762 bits per heavy atom. The second-order valence-corrected chi connectivity index (χ2v) is 9.73. The third-order valence-corrected chi connectivity index (χ3v) is 6.81. The fraction of sp³-hybridized carbons (Fsp3) is 0.552. The van der Waals surface area contributed by atoms with Crippen molar-refractivity contribution >= 4 is 33.8 Å². The topological polar surface area (TPSA) is 165 Å². The molecule has 2 unspecified atom stereocenters. The summed E-state index contributed by atoms with van der Waals surface area (Å²) in [6.45, 7) is 7.64. The van der Waals surface area contributed by atoms with Crippen molar-refractivity contribution in [2.45, 2.75) is 39.5 Å². The first-order valence-corrected chi connectivity index (χ1v) is 13.8. The maximum Gasteiger partial charge on any atom is 0.336 e. The summed E-state index contributed by atoms with van der Waals surface area (Å²) in [6, 6.07) is 3.27. The Morgan fingerprint density at radius 2 is 1.29 bits per heavy atom. The van der Waals surface area contributed by atoms with E-state index >= 15 is 0 Å². The lowest BCUT2D eigenvalue weighted by Gasteiger charge is -2.24. The van der Waals surface area contributed by atoms with Crippen molar-refractivity contribution in [3.05, 3.63) is 45.0 Å². The van der Waals surface area contributed by atoms with Gasteiger partial charge in [-0.2, -0.15) is 0 Å². The van der Waals surface area contributed by atoms with Gasteiger partial charge >= 0.3 is 11.6 Å². The van der Waals surface area contributed by atoms with E-state index in [-0.39, 0.29) is 33.0 Å². The molecule has 1 aromatic carbocycles. The summed E-state index contributed by atoms with van der Waals surface area (Å²) in [5.41, 5.74) is 2.62. The summed E-state index contributed by atoms with van der Waals surface area (Å²) in [4.78, 5) is 37.5. The van der Waals surface area contributed by atoms with E-state index in [2.05, 4.69) is 5.32 Å². The lowest BCUT2D eigenvalue weighted by Crippen LogP contribution is -2.49. The first-order chi connectivity index (χ1) is 20.3. The van der Waals surface area contributed by atoms with Gasteiger partial charge in [0.15, 0.2) is 12.2 Å². The van der Waals surface area contributed by atoms with Crippen LogP contribution in [0.3, 0.4) is 0 Å². The molecule has 2 atom stereocenters. The van der Waals surface area contributed by atoms with E-state index in [1.807, 2.05) is 13.0 Å². The standard InChI is InChI=1S/C29H37NO12/c1-17-14-23(31)42-24-18(2)25-21(15-20(17)24)22(19(3)41-25)16-30-28(32)26-27(29(33)34)40-13-11-38-9-7-36-5-4-35-6-8-37-10-12-39-26/h14-15,26-27H,4-13,16H2,1-3H3,(H,30,32)(H,33,34). The number of carbonyl (C=O) groups is 2. The Balaban J connectivity index is 1.51. The van der Waals surface area contributed by atoms with Crippen LogP contribution in [-0.2, 0) is 44.6 Å². The summed E-state index contributed by atoms with van der Waals surface area (Å²) in [5.74, 6) is -1.48. The monoisotopic (exact) mass is 591 g/mol. The molecule has 1 fully saturated rings. The van der Waals surface area contributed by atoms with Crippen LogP contribution < -0.4 is 10.9 Å². The highest BCUT2D eigenvalue weighted by Gasteiger charge is 2.36. The van der Waals surface area contributed by atoms with Gasteiger partial charge in [-0.15, -0.1) is 0 Å². The van der Waals surface area contributed by atoms with Crippen molar-refractivity contribution in [3.63, 3.8) is 0 Å². The molecule has 1 aliphatic heterocycles. The van der Waals surface area contributed by atoms with E-state index in [9.17, 15) is 19.5 Å². The highest BCUT2D eigenvalue weighted by atomic mass is 16.6. The molecule has 0 saturated carbocycles. The molecule has 1 saturated heterocycles. The Bertz CT molecular complexity index is 1430. The van der Waals surface area contributed by atoms with Crippen LogP contribution >= 0.6 is 0 Å². The molecular weight excluding hydrogens is 554 g/mol. The van der Waals surface area contributed by atoms with Crippen LogP contribution in [0.4, 0.5) is 0 Å². The van der Waals surface area contributed by atoms with Crippen molar-refractivity contribution in [1.82, 2.24) is 5.32 Å². The molecule has 13 nitrogen and oxygen atoms in total. The minimum absolute atomic E-state index is 0.0294. The normalized spacial score (nSPS) is 20.6. The number of carbonyl (C=O) groups excluding carboxylic acids is 1. The first kappa shape index (κ1) is 31.6. The van der Waals surface area contributed by atoms with Crippen LogP contribution in [0.15, 0.2) is 25.8 Å². The van der Waals surface area contributed by atoms with Gasteiger partial charge in [-0.3, -0.25) is 4.79 Å². The third kappa shape index (κ3) is 7.94. The number of carboxylic acid groups (broad SMARTS) is 1. The van der Waals surface area contributed by atoms with Crippen LogP contribution in [0.1, 0.15) is 22.5 Å². The van der Waals surface area contributed by atoms with Crippen LogP contribution in [0, 0.1) is 20.8 Å². The quantitative estimate of drug-likeness (QED) is 0.425. The molecule has 2 aromatic heterocycles. The fourth-order valence-corrected chi connectivity index (χ4v) is 4.67. The second-order valence-electron chi connectivity index (χ2n) is 9.73. The van der Waals surface area contributed by atoms with Crippen molar-refractivity contribution in [2.75, 3.05) is 66.1 Å². The molecule has 0 radical (unpaired) electrons. The molecule has 3 heterocycles. The van der Waals surface area contributed by atoms with Gasteiger partial charge in [0.1, 0.15) is 16.9 Å². The minimum Gasteiger partial charge on any atom is -0.479 e. The smallest absolute Gasteiger partial charge is 0.336 e. The highest BCUT2D eigenvalue weighted by molar-refractivity contribution is 6.00. The lowest BCUT2D eigenvalue weighted by atomic mass is 10.0. The zero-order valence-corrected chi connectivity index (χ0v) is 24.0. The van der Waals surface area contributed by atoms with Crippen LogP contribution in [0.5, 0.6) is 0 Å². The van der Waals surface area contributed by atoms with E-state index in [0.717, 1.165) is 16.3 Å². The van der Waals surface area contributed by atoms with Gasteiger partial charge in [0.25, 0.3) is 5.91 Å². The van der Waals surface area contributed by atoms with E-state index in [0.29, 0.717) is 67.7 Å².